The predicted octanol–water partition coefficient (Wildman–Crippen LogP) is 2.84. The van der Waals surface area contributed by atoms with E-state index in [1.54, 1.807) is 25.3 Å². The number of methoxy groups -OCH3 is 1. The third-order valence-corrected chi connectivity index (χ3v) is 4.43. The van der Waals surface area contributed by atoms with Crippen LogP contribution in [0.4, 0.5) is 4.39 Å². The predicted molar refractivity (Wildman–Crippen MR) is 95.4 cm³/mol. The van der Waals surface area contributed by atoms with Crippen molar-refractivity contribution in [3.63, 3.8) is 0 Å². The van der Waals surface area contributed by atoms with Crippen LogP contribution in [0.3, 0.4) is 0 Å². The van der Waals surface area contributed by atoms with Crippen LogP contribution in [0.5, 0.6) is 0 Å². The second kappa shape index (κ2) is 9.63. The molecule has 1 saturated heterocycles. The number of nitrogens with two attached hydrogens (primary N) is 1. The Kier molecular flexibility index (Phi) is 7.52. The van der Waals surface area contributed by atoms with Gasteiger partial charge < -0.3 is 20.3 Å². The van der Waals surface area contributed by atoms with Gasteiger partial charge in [0.2, 0.25) is 0 Å². The Morgan fingerprint density at radius 3 is 2.52 bits per heavy atom. The highest BCUT2D eigenvalue weighted by Crippen LogP contribution is 2.34. The lowest BCUT2D eigenvalue weighted by atomic mass is 9.76. The zero-order chi connectivity index (χ0) is 18.1. The normalized spacial score (nSPS) is 22.8. The molecule has 0 amide bonds. The van der Waals surface area contributed by atoms with Gasteiger partial charge in [-0.15, -0.1) is 0 Å². The molecule has 1 aliphatic rings. The number of rotatable bonds is 4. The third-order valence-electron chi connectivity index (χ3n) is 4.43. The van der Waals surface area contributed by atoms with Crippen molar-refractivity contribution in [2.24, 2.45) is 11.7 Å². The van der Waals surface area contributed by atoms with Crippen LogP contribution in [-0.2, 0) is 21.6 Å². The van der Waals surface area contributed by atoms with E-state index in [2.05, 4.69) is 0 Å². The second-order valence-corrected chi connectivity index (χ2v) is 6.16. The van der Waals surface area contributed by atoms with Crippen LogP contribution in [-0.4, -0.2) is 32.0 Å². The summed E-state index contributed by atoms with van der Waals surface area (Å²) < 4.78 is 24.0. The Morgan fingerprint density at radius 1 is 1.20 bits per heavy atom. The van der Waals surface area contributed by atoms with Crippen LogP contribution < -0.4 is 5.73 Å². The molecular formula is C20H26FNO3. The molecule has 0 aromatic heterocycles. The summed E-state index contributed by atoms with van der Waals surface area (Å²) in [5.74, 6) is -0.493. The number of halogens is 1. The van der Waals surface area contributed by atoms with E-state index in [4.69, 9.17) is 15.2 Å². The van der Waals surface area contributed by atoms with Gasteiger partial charge in [-0.25, -0.2) is 4.39 Å². The molecule has 0 aliphatic carbocycles. The number of hydrogen-bond donors (Lipinski definition) is 2. The molecule has 3 rings (SSSR count). The Morgan fingerprint density at radius 2 is 1.88 bits per heavy atom. The summed E-state index contributed by atoms with van der Waals surface area (Å²) in [5, 5.41) is 9.32. The molecule has 5 heteroatoms. The third kappa shape index (κ3) is 5.09. The fourth-order valence-corrected chi connectivity index (χ4v) is 2.97. The molecule has 1 fully saturated rings. The van der Waals surface area contributed by atoms with Crippen LogP contribution in [0.1, 0.15) is 17.5 Å². The van der Waals surface area contributed by atoms with Crippen LogP contribution in [0, 0.1) is 11.7 Å². The van der Waals surface area contributed by atoms with Gasteiger partial charge in [-0.05, 0) is 18.1 Å². The van der Waals surface area contributed by atoms with Crippen molar-refractivity contribution in [3.05, 3.63) is 71.5 Å². The van der Waals surface area contributed by atoms with Gasteiger partial charge >= 0.3 is 0 Å². The van der Waals surface area contributed by atoms with E-state index in [1.165, 1.54) is 11.6 Å². The first-order valence-electron chi connectivity index (χ1n) is 8.37. The van der Waals surface area contributed by atoms with Crippen molar-refractivity contribution in [3.8, 4) is 0 Å². The van der Waals surface area contributed by atoms with Crippen molar-refractivity contribution in [2.75, 3.05) is 26.9 Å². The number of aliphatic hydroxyl groups excluding tert-OH is 1. The second-order valence-electron chi connectivity index (χ2n) is 6.16. The molecule has 136 valence electrons. The minimum atomic E-state index is -0.918. The molecule has 3 N–H and O–H groups in total. The van der Waals surface area contributed by atoms with E-state index in [9.17, 15) is 9.50 Å². The van der Waals surface area contributed by atoms with Crippen LogP contribution >= 0.6 is 0 Å². The Hall–Kier alpha value is -1.79. The first-order valence-corrected chi connectivity index (χ1v) is 8.37. The summed E-state index contributed by atoms with van der Waals surface area (Å²) >= 11 is 0. The highest BCUT2D eigenvalue weighted by atomic mass is 19.1. The molecule has 0 bridgehead atoms. The molecule has 2 atom stereocenters. The standard InChI is InChI=1S/C12H16FNO2.C8H10O/c13-11-4-2-1-3-10(11)12(14)8-16-6-5-9(12)7-15;1-9-7-8-5-3-2-4-6-8/h1-4,9,15H,5-8,14H2;2-6H,7H2,1H3. The maximum absolute atomic E-state index is 13.7. The lowest BCUT2D eigenvalue weighted by Crippen LogP contribution is -2.53. The molecule has 25 heavy (non-hydrogen) atoms. The summed E-state index contributed by atoms with van der Waals surface area (Å²) in [6.07, 6.45) is 0.654. The van der Waals surface area contributed by atoms with Crippen molar-refractivity contribution in [2.45, 2.75) is 18.6 Å². The van der Waals surface area contributed by atoms with E-state index < -0.39 is 5.54 Å². The number of ether oxygens (including phenoxy) is 2. The number of benzene rings is 2. The molecule has 1 heterocycles. The van der Waals surface area contributed by atoms with Gasteiger partial charge in [-0.1, -0.05) is 48.5 Å². The molecule has 0 saturated carbocycles. The summed E-state index contributed by atoms with van der Waals surface area (Å²) in [5.41, 5.74) is 6.94. The van der Waals surface area contributed by atoms with Gasteiger partial charge in [0.25, 0.3) is 0 Å². The number of hydrogen-bond acceptors (Lipinski definition) is 4. The van der Waals surface area contributed by atoms with Gasteiger partial charge in [0, 0.05) is 31.8 Å². The zero-order valence-electron chi connectivity index (χ0n) is 14.5. The van der Waals surface area contributed by atoms with E-state index >= 15 is 0 Å². The molecule has 0 radical (unpaired) electrons. The minimum Gasteiger partial charge on any atom is -0.396 e. The zero-order valence-corrected chi connectivity index (χ0v) is 14.5. The van der Waals surface area contributed by atoms with Gasteiger partial charge in [0.1, 0.15) is 5.82 Å². The average Bonchev–Trinajstić information content (AvgIpc) is 2.64. The highest BCUT2D eigenvalue weighted by molar-refractivity contribution is 5.27. The van der Waals surface area contributed by atoms with E-state index in [0.29, 0.717) is 25.2 Å². The molecule has 0 spiro atoms. The molecule has 1 aliphatic heterocycles. The summed E-state index contributed by atoms with van der Waals surface area (Å²) in [7, 11) is 1.70. The van der Waals surface area contributed by atoms with E-state index in [1.807, 2.05) is 30.3 Å². The fourth-order valence-electron chi connectivity index (χ4n) is 2.97. The van der Waals surface area contributed by atoms with Crippen LogP contribution in [0.25, 0.3) is 0 Å². The van der Waals surface area contributed by atoms with Gasteiger partial charge in [0.15, 0.2) is 0 Å². The smallest absolute Gasteiger partial charge is 0.128 e. The first kappa shape index (κ1) is 19.5. The van der Waals surface area contributed by atoms with Gasteiger partial charge in [-0.3, -0.25) is 0 Å². The van der Waals surface area contributed by atoms with Crippen molar-refractivity contribution in [1.82, 2.24) is 0 Å². The maximum Gasteiger partial charge on any atom is 0.128 e. The molecule has 2 aromatic rings. The van der Waals surface area contributed by atoms with Crippen molar-refractivity contribution < 1.29 is 19.0 Å². The molecule has 4 nitrogen and oxygen atoms in total. The number of aliphatic hydroxyl groups is 1. The summed E-state index contributed by atoms with van der Waals surface area (Å²) in [4.78, 5) is 0. The maximum atomic E-state index is 13.7. The largest absolute Gasteiger partial charge is 0.396 e. The van der Waals surface area contributed by atoms with Crippen LogP contribution in [0.2, 0.25) is 0 Å². The molecule has 2 unspecified atom stereocenters. The Bertz CT molecular complexity index is 638. The Labute approximate surface area is 148 Å². The Balaban J connectivity index is 0.000000212. The molecular weight excluding hydrogens is 321 g/mol. The fraction of sp³-hybridized carbons (Fsp3) is 0.400. The summed E-state index contributed by atoms with van der Waals surface area (Å²) in [6.45, 7) is 1.48. The molecule has 2 aromatic carbocycles. The topological polar surface area (TPSA) is 64.7 Å². The highest BCUT2D eigenvalue weighted by Gasteiger charge is 2.40. The van der Waals surface area contributed by atoms with E-state index in [0.717, 1.165) is 0 Å². The van der Waals surface area contributed by atoms with Crippen molar-refractivity contribution >= 4 is 0 Å². The first-order chi connectivity index (χ1) is 12.1. The summed E-state index contributed by atoms with van der Waals surface area (Å²) in [6, 6.07) is 16.5. The monoisotopic (exact) mass is 347 g/mol. The minimum absolute atomic E-state index is 0.0474. The van der Waals surface area contributed by atoms with Crippen molar-refractivity contribution in [1.29, 1.82) is 0 Å². The lowest BCUT2D eigenvalue weighted by molar-refractivity contribution is -0.0243. The lowest BCUT2D eigenvalue weighted by Gasteiger charge is -2.40. The van der Waals surface area contributed by atoms with Crippen LogP contribution in [0.15, 0.2) is 54.6 Å². The van der Waals surface area contributed by atoms with Gasteiger partial charge in [0.05, 0.1) is 18.8 Å². The SMILES string of the molecule is COCc1ccccc1.NC1(c2ccccc2F)COCCC1CO. The van der Waals surface area contributed by atoms with E-state index in [-0.39, 0.29) is 24.9 Å². The quantitative estimate of drug-likeness (QED) is 0.893. The average molecular weight is 347 g/mol. The van der Waals surface area contributed by atoms with Gasteiger partial charge in [-0.2, -0.15) is 0 Å².